The first kappa shape index (κ1) is 24.4. The summed E-state index contributed by atoms with van der Waals surface area (Å²) in [4.78, 5) is 23.4. The van der Waals surface area contributed by atoms with Crippen LogP contribution in [0.4, 0.5) is 30.6 Å². The number of carbonyl (C=O) groups is 1. The van der Waals surface area contributed by atoms with Gasteiger partial charge in [0.25, 0.3) is 5.91 Å². The topological polar surface area (TPSA) is 115 Å². The lowest BCUT2D eigenvalue weighted by Gasteiger charge is -2.42. The molecule has 188 valence electrons. The summed E-state index contributed by atoms with van der Waals surface area (Å²) >= 11 is 0. The number of methoxy groups -OCH3 is 1. The number of anilines is 3. The number of aryl methyl sites for hydroxylation is 2. The molecule has 11 nitrogen and oxygen atoms in total. The zero-order valence-electron chi connectivity index (χ0n) is 19.9. The highest BCUT2D eigenvalue weighted by Crippen LogP contribution is 2.36. The predicted molar refractivity (Wildman–Crippen MR) is 121 cm³/mol. The van der Waals surface area contributed by atoms with Crippen molar-refractivity contribution in [3.63, 3.8) is 0 Å². The van der Waals surface area contributed by atoms with E-state index in [1.54, 1.807) is 38.2 Å². The summed E-state index contributed by atoms with van der Waals surface area (Å²) in [5, 5.41) is 13.8. The van der Waals surface area contributed by atoms with Gasteiger partial charge < -0.3 is 20.3 Å². The van der Waals surface area contributed by atoms with Crippen LogP contribution in [0.2, 0.25) is 0 Å². The lowest BCUT2D eigenvalue weighted by molar-refractivity contribution is -0.141. The minimum absolute atomic E-state index is 0.136. The standard InChI is InChI=1S/C21H26F3N9O2/c1-12-16-17(31(3)20(2,11-35-5)18(34)28-16)29-19(27-12)25-7-13-8-26-33(9-13)10-14-6-15(21(22,23)24)30-32(14)4/h6,8-9H,7,10-11H2,1-5H3,(H,28,34)(H,25,27,29). The van der Waals surface area contributed by atoms with Crippen LogP contribution in [0.1, 0.15) is 29.6 Å². The molecule has 1 aliphatic heterocycles. The van der Waals surface area contributed by atoms with E-state index in [1.807, 2.05) is 0 Å². The van der Waals surface area contributed by atoms with Crippen LogP contribution < -0.4 is 15.5 Å². The van der Waals surface area contributed by atoms with E-state index in [9.17, 15) is 18.0 Å². The Labute approximate surface area is 199 Å². The molecule has 0 fully saturated rings. The Morgan fingerprint density at radius 3 is 2.66 bits per heavy atom. The lowest BCUT2D eigenvalue weighted by atomic mass is 9.97. The Morgan fingerprint density at radius 2 is 2.00 bits per heavy atom. The minimum Gasteiger partial charge on any atom is -0.382 e. The van der Waals surface area contributed by atoms with Crippen molar-refractivity contribution in [3.05, 3.63) is 41.1 Å². The average Bonchev–Trinajstić information content (AvgIpc) is 3.39. The van der Waals surface area contributed by atoms with Gasteiger partial charge in [-0.15, -0.1) is 0 Å². The summed E-state index contributed by atoms with van der Waals surface area (Å²) < 4.78 is 46.7. The number of likely N-dealkylation sites (N-methyl/N-ethyl adjacent to an activating group) is 1. The van der Waals surface area contributed by atoms with E-state index in [4.69, 9.17) is 4.74 Å². The molecule has 4 heterocycles. The number of fused-ring (bicyclic) bond motifs is 1. The maximum atomic E-state index is 12.9. The van der Waals surface area contributed by atoms with Gasteiger partial charge in [0.05, 0.1) is 30.7 Å². The molecule has 1 aliphatic rings. The molecule has 14 heteroatoms. The number of alkyl halides is 3. The number of hydrogen-bond acceptors (Lipinski definition) is 8. The molecule has 4 rings (SSSR count). The molecular formula is C21H26F3N9O2. The maximum Gasteiger partial charge on any atom is 0.435 e. The summed E-state index contributed by atoms with van der Waals surface area (Å²) in [6.07, 6.45) is -1.16. The van der Waals surface area contributed by atoms with Gasteiger partial charge in [-0.05, 0) is 19.9 Å². The van der Waals surface area contributed by atoms with Gasteiger partial charge in [-0.2, -0.15) is 28.4 Å². The van der Waals surface area contributed by atoms with Crippen molar-refractivity contribution >= 4 is 23.4 Å². The van der Waals surface area contributed by atoms with Crippen LogP contribution in [0.15, 0.2) is 18.5 Å². The lowest BCUT2D eigenvalue weighted by Crippen LogP contribution is -2.59. The molecule has 0 aliphatic carbocycles. The van der Waals surface area contributed by atoms with E-state index in [0.717, 1.165) is 11.6 Å². The second-order valence-corrected chi connectivity index (χ2v) is 8.59. The van der Waals surface area contributed by atoms with Crippen molar-refractivity contribution in [2.45, 2.75) is 38.7 Å². The van der Waals surface area contributed by atoms with Crippen molar-refractivity contribution in [2.24, 2.45) is 7.05 Å². The van der Waals surface area contributed by atoms with Crippen molar-refractivity contribution < 1.29 is 22.7 Å². The smallest absolute Gasteiger partial charge is 0.382 e. The van der Waals surface area contributed by atoms with Crippen LogP contribution in [0.25, 0.3) is 0 Å². The third-order valence-corrected chi connectivity index (χ3v) is 6.01. The highest BCUT2D eigenvalue weighted by atomic mass is 19.4. The van der Waals surface area contributed by atoms with Gasteiger partial charge in [0.1, 0.15) is 11.2 Å². The van der Waals surface area contributed by atoms with Gasteiger partial charge in [0.2, 0.25) is 5.95 Å². The Bertz CT molecular complexity index is 1250. The number of halogens is 3. The van der Waals surface area contributed by atoms with E-state index in [1.165, 1.54) is 23.5 Å². The van der Waals surface area contributed by atoms with E-state index in [0.29, 0.717) is 35.4 Å². The third-order valence-electron chi connectivity index (χ3n) is 6.01. The molecule has 1 amide bonds. The van der Waals surface area contributed by atoms with E-state index in [-0.39, 0.29) is 19.1 Å². The van der Waals surface area contributed by atoms with Crippen molar-refractivity contribution in [1.29, 1.82) is 0 Å². The summed E-state index contributed by atoms with van der Waals surface area (Å²) in [5.41, 5.74) is 0.430. The summed E-state index contributed by atoms with van der Waals surface area (Å²) in [7, 11) is 4.77. The first-order valence-electron chi connectivity index (χ1n) is 10.7. The predicted octanol–water partition coefficient (Wildman–Crippen LogP) is 2.19. The molecule has 0 spiro atoms. The van der Waals surface area contributed by atoms with Crippen LogP contribution in [-0.4, -0.2) is 61.7 Å². The first-order chi connectivity index (χ1) is 16.4. The van der Waals surface area contributed by atoms with Gasteiger partial charge in [0.15, 0.2) is 11.5 Å². The van der Waals surface area contributed by atoms with Crippen LogP contribution in [-0.2, 0) is 35.8 Å². The Kier molecular flexibility index (Phi) is 6.17. The summed E-state index contributed by atoms with van der Waals surface area (Å²) in [6.45, 7) is 4.20. The number of nitrogens with zero attached hydrogens (tertiary/aromatic N) is 7. The summed E-state index contributed by atoms with van der Waals surface area (Å²) in [6, 6.07) is 1.01. The van der Waals surface area contributed by atoms with Crippen molar-refractivity contribution in [1.82, 2.24) is 29.5 Å². The molecule has 0 aromatic carbocycles. The highest BCUT2D eigenvalue weighted by Gasteiger charge is 2.44. The Hall–Kier alpha value is -3.68. The SMILES string of the molecule is COCC1(C)C(=O)Nc2c(C)nc(NCc3cnn(Cc4cc(C(F)(F)F)nn4C)c3)nc2N1C. The molecule has 0 bridgehead atoms. The number of carbonyl (C=O) groups excluding carboxylic acids is 1. The molecule has 0 radical (unpaired) electrons. The molecular weight excluding hydrogens is 467 g/mol. The first-order valence-corrected chi connectivity index (χ1v) is 10.7. The third kappa shape index (κ3) is 4.65. The second-order valence-electron chi connectivity index (χ2n) is 8.59. The van der Waals surface area contributed by atoms with Crippen LogP contribution >= 0.6 is 0 Å². The van der Waals surface area contributed by atoms with Crippen LogP contribution in [0.5, 0.6) is 0 Å². The van der Waals surface area contributed by atoms with E-state index >= 15 is 0 Å². The van der Waals surface area contributed by atoms with Crippen LogP contribution in [0, 0.1) is 6.92 Å². The molecule has 3 aromatic heterocycles. The van der Waals surface area contributed by atoms with Gasteiger partial charge in [-0.3, -0.25) is 14.2 Å². The van der Waals surface area contributed by atoms with Gasteiger partial charge in [-0.25, -0.2) is 4.98 Å². The zero-order valence-corrected chi connectivity index (χ0v) is 19.9. The van der Waals surface area contributed by atoms with E-state index < -0.39 is 17.4 Å². The number of ether oxygens (including phenoxy) is 1. The molecule has 0 saturated heterocycles. The fraction of sp³-hybridized carbons (Fsp3) is 0.476. The zero-order chi connectivity index (χ0) is 25.5. The average molecular weight is 493 g/mol. The Morgan fingerprint density at radius 1 is 1.26 bits per heavy atom. The number of hydrogen-bond donors (Lipinski definition) is 2. The van der Waals surface area contributed by atoms with Gasteiger partial charge in [0, 0.05) is 39.5 Å². The fourth-order valence-corrected chi connectivity index (χ4v) is 3.83. The number of nitrogens with one attached hydrogen (secondary N) is 2. The van der Waals surface area contributed by atoms with Crippen LogP contribution in [0.3, 0.4) is 0 Å². The highest BCUT2D eigenvalue weighted by molar-refractivity contribution is 6.06. The normalized spacial score (nSPS) is 17.9. The van der Waals surface area contributed by atoms with Gasteiger partial charge in [-0.1, -0.05) is 0 Å². The van der Waals surface area contributed by atoms with E-state index in [2.05, 4.69) is 30.8 Å². The Balaban J connectivity index is 1.47. The minimum atomic E-state index is -4.50. The number of amides is 1. The molecule has 0 saturated carbocycles. The van der Waals surface area contributed by atoms with Crippen molar-refractivity contribution in [2.75, 3.05) is 36.3 Å². The largest absolute Gasteiger partial charge is 0.435 e. The molecule has 35 heavy (non-hydrogen) atoms. The fourth-order valence-electron chi connectivity index (χ4n) is 3.83. The molecule has 1 atom stereocenters. The summed E-state index contributed by atoms with van der Waals surface area (Å²) in [5.74, 6) is 0.717. The second kappa shape index (κ2) is 8.83. The molecule has 1 unspecified atom stereocenters. The number of aromatic nitrogens is 6. The van der Waals surface area contributed by atoms with Crippen molar-refractivity contribution in [3.8, 4) is 0 Å². The molecule has 2 N–H and O–H groups in total. The monoisotopic (exact) mass is 493 g/mol. The maximum absolute atomic E-state index is 12.9. The molecule has 3 aromatic rings. The number of rotatable bonds is 7. The quantitative estimate of drug-likeness (QED) is 0.515. The van der Waals surface area contributed by atoms with Gasteiger partial charge >= 0.3 is 6.18 Å².